The highest BCUT2D eigenvalue weighted by Crippen LogP contribution is 2.19. The van der Waals surface area contributed by atoms with E-state index >= 15 is 0 Å². The van der Waals surface area contributed by atoms with Gasteiger partial charge in [0.2, 0.25) is 5.89 Å². The number of carboxylic acid groups (broad SMARTS) is 1. The van der Waals surface area contributed by atoms with Crippen molar-refractivity contribution >= 4 is 15.8 Å². The maximum Gasteiger partial charge on any atom is 0.335 e. The van der Waals surface area contributed by atoms with Crippen molar-refractivity contribution in [3.05, 3.63) is 41.0 Å². The Hall–Kier alpha value is -2.22. The van der Waals surface area contributed by atoms with E-state index in [9.17, 15) is 13.2 Å². The number of carbonyl (C=O) groups is 1. The van der Waals surface area contributed by atoms with Crippen molar-refractivity contribution in [2.75, 3.05) is 0 Å². The molecule has 0 aliphatic carbocycles. The molecule has 1 heterocycles. The van der Waals surface area contributed by atoms with Crippen molar-refractivity contribution in [3.8, 4) is 0 Å². The molecule has 1 aromatic carbocycles. The quantitative estimate of drug-likeness (QED) is 0.906. The smallest absolute Gasteiger partial charge is 0.335 e. The molecular weight excluding hydrogens is 284 g/mol. The number of hydrogen-bond acceptors (Lipinski definition) is 6. The second-order valence-corrected chi connectivity index (χ2v) is 6.27. The van der Waals surface area contributed by atoms with Gasteiger partial charge in [0.15, 0.2) is 15.7 Å². The molecule has 7 nitrogen and oxygen atoms in total. The number of hydrogen-bond donors (Lipinski definition) is 1. The van der Waals surface area contributed by atoms with Crippen molar-refractivity contribution in [1.82, 2.24) is 10.1 Å². The summed E-state index contributed by atoms with van der Waals surface area (Å²) in [4.78, 5) is 14.8. The van der Waals surface area contributed by atoms with Gasteiger partial charge in [-0.05, 0) is 31.5 Å². The van der Waals surface area contributed by atoms with Crippen LogP contribution in [-0.2, 0) is 15.6 Å². The van der Waals surface area contributed by atoms with Gasteiger partial charge in [-0.25, -0.2) is 13.2 Å². The highest BCUT2D eigenvalue weighted by Gasteiger charge is 2.21. The first-order valence-electron chi connectivity index (χ1n) is 5.65. The summed E-state index contributed by atoms with van der Waals surface area (Å²) in [5.41, 5.74) is 0.442. The lowest BCUT2D eigenvalue weighted by atomic mass is 10.1. The van der Waals surface area contributed by atoms with Crippen LogP contribution in [0.5, 0.6) is 0 Å². The zero-order chi connectivity index (χ0) is 14.9. The lowest BCUT2D eigenvalue weighted by Crippen LogP contribution is -2.08. The predicted octanol–water partition coefficient (Wildman–Crippen LogP) is 1.36. The number of aromatic nitrogens is 2. The van der Waals surface area contributed by atoms with E-state index in [2.05, 4.69) is 10.1 Å². The largest absolute Gasteiger partial charge is 0.478 e. The van der Waals surface area contributed by atoms with Crippen LogP contribution in [0, 0.1) is 13.8 Å². The summed E-state index contributed by atoms with van der Waals surface area (Å²) in [5.74, 6) is -1.32. The van der Waals surface area contributed by atoms with E-state index in [0.717, 1.165) is 6.07 Å². The Bertz CT molecular complexity index is 764. The monoisotopic (exact) mass is 296 g/mol. The van der Waals surface area contributed by atoms with Gasteiger partial charge < -0.3 is 9.63 Å². The molecule has 0 saturated carbocycles. The lowest BCUT2D eigenvalue weighted by molar-refractivity contribution is 0.0696. The summed E-state index contributed by atoms with van der Waals surface area (Å²) in [6.07, 6.45) is 0. The minimum Gasteiger partial charge on any atom is -0.478 e. The highest BCUT2D eigenvalue weighted by atomic mass is 32.2. The molecule has 0 atom stereocenters. The van der Waals surface area contributed by atoms with Crippen LogP contribution < -0.4 is 0 Å². The maximum absolute atomic E-state index is 12.2. The van der Waals surface area contributed by atoms with Gasteiger partial charge in [0.05, 0.1) is 10.5 Å². The molecule has 1 aromatic heterocycles. The molecule has 106 valence electrons. The first kappa shape index (κ1) is 14.2. The summed E-state index contributed by atoms with van der Waals surface area (Å²) in [6, 6.07) is 3.95. The van der Waals surface area contributed by atoms with E-state index in [1.807, 2.05) is 0 Å². The standard InChI is InChI=1S/C12H12N2O5S/c1-7-3-4-9(5-10(7)12(15)16)20(17,18)6-11-13-8(2)14-19-11/h3-5H,6H2,1-2H3,(H,15,16). The van der Waals surface area contributed by atoms with Crippen LogP contribution in [0.3, 0.4) is 0 Å². The summed E-state index contributed by atoms with van der Waals surface area (Å²) in [5, 5.41) is 12.5. The molecule has 0 aliphatic rings. The average Bonchev–Trinajstić information content (AvgIpc) is 2.73. The van der Waals surface area contributed by atoms with Crippen LogP contribution in [0.15, 0.2) is 27.6 Å². The Morgan fingerprint density at radius 2 is 2.05 bits per heavy atom. The fraction of sp³-hybridized carbons (Fsp3) is 0.250. The highest BCUT2D eigenvalue weighted by molar-refractivity contribution is 7.90. The van der Waals surface area contributed by atoms with Crippen molar-refractivity contribution in [2.24, 2.45) is 0 Å². The summed E-state index contributed by atoms with van der Waals surface area (Å²) < 4.78 is 29.1. The molecule has 0 aliphatic heterocycles. The van der Waals surface area contributed by atoms with E-state index in [1.54, 1.807) is 13.8 Å². The molecular formula is C12H12N2O5S. The molecule has 8 heteroatoms. The molecule has 0 unspecified atom stereocenters. The normalized spacial score (nSPS) is 11.5. The summed E-state index contributed by atoms with van der Waals surface area (Å²) in [6.45, 7) is 3.18. The molecule has 0 radical (unpaired) electrons. The molecule has 0 fully saturated rings. The molecule has 20 heavy (non-hydrogen) atoms. The van der Waals surface area contributed by atoms with Gasteiger partial charge in [-0.1, -0.05) is 11.2 Å². The van der Waals surface area contributed by atoms with Gasteiger partial charge in [-0.3, -0.25) is 0 Å². The van der Waals surface area contributed by atoms with Gasteiger partial charge >= 0.3 is 5.97 Å². The number of rotatable bonds is 4. The zero-order valence-corrected chi connectivity index (χ0v) is 11.6. The van der Waals surface area contributed by atoms with Crippen molar-refractivity contribution in [2.45, 2.75) is 24.5 Å². The van der Waals surface area contributed by atoms with Crippen LogP contribution in [0.2, 0.25) is 0 Å². The number of carboxylic acids is 1. The molecule has 2 rings (SSSR count). The second kappa shape index (κ2) is 5.04. The number of benzene rings is 1. The van der Waals surface area contributed by atoms with Crippen LogP contribution in [0.1, 0.15) is 27.6 Å². The third-order valence-corrected chi connectivity index (χ3v) is 4.28. The molecule has 1 N–H and O–H groups in total. The SMILES string of the molecule is Cc1noc(CS(=O)(=O)c2ccc(C)c(C(=O)O)c2)n1. The number of sulfone groups is 1. The molecule has 0 spiro atoms. The minimum absolute atomic E-state index is 0.0278. The third kappa shape index (κ3) is 2.85. The van der Waals surface area contributed by atoms with Crippen LogP contribution in [-0.4, -0.2) is 29.6 Å². The fourth-order valence-electron chi connectivity index (χ4n) is 1.67. The first-order valence-corrected chi connectivity index (χ1v) is 7.31. The van der Waals surface area contributed by atoms with Gasteiger partial charge in [-0.2, -0.15) is 4.98 Å². The van der Waals surface area contributed by atoms with Gasteiger partial charge in [0.1, 0.15) is 5.75 Å². The lowest BCUT2D eigenvalue weighted by Gasteiger charge is -2.05. The topological polar surface area (TPSA) is 110 Å². The van der Waals surface area contributed by atoms with E-state index in [-0.39, 0.29) is 16.3 Å². The second-order valence-electron chi connectivity index (χ2n) is 4.28. The van der Waals surface area contributed by atoms with Crippen molar-refractivity contribution < 1.29 is 22.8 Å². The number of nitrogens with zero attached hydrogens (tertiary/aromatic N) is 2. The molecule has 2 aromatic rings. The minimum atomic E-state index is -3.73. The Morgan fingerprint density at radius 1 is 1.35 bits per heavy atom. The van der Waals surface area contributed by atoms with Crippen molar-refractivity contribution in [3.63, 3.8) is 0 Å². The number of aromatic carboxylic acids is 1. The zero-order valence-electron chi connectivity index (χ0n) is 10.8. The van der Waals surface area contributed by atoms with Crippen LogP contribution in [0.4, 0.5) is 0 Å². The summed E-state index contributed by atoms with van der Waals surface area (Å²) in [7, 11) is -3.73. The Morgan fingerprint density at radius 3 is 2.60 bits per heavy atom. The van der Waals surface area contributed by atoms with E-state index in [4.69, 9.17) is 9.63 Å². The van der Waals surface area contributed by atoms with E-state index in [1.165, 1.54) is 12.1 Å². The Labute approximate surface area is 115 Å². The molecule has 0 bridgehead atoms. The van der Waals surface area contributed by atoms with Crippen LogP contribution >= 0.6 is 0 Å². The van der Waals surface area contributed by atoms with E-state index < -0.39 is 21.6 Å². The molecule has 0 saturated heterocycles. The first-order chi connectivity index (χ1) is 9.29. The average molecular weight is 296 g/mol. The Balaban J connectivity index is 2.39. The third-order valence-electron chi connectivity index (χ3n) is 2.68. The van der Waals surface area contributed by atoms with Crippen LogP contribution in [0.25, 0.3) is 0 Å². The van der Waals surface area contributed by atoms with Gasteiger partial charge in [-0.15, -0.1) is 0 Å². The summed E-state index contributed by atoms with van der Waals surface area (Å²) >= 11 is 0. The fourth-order valence-corrected chi connectivity index (χ4v) is 2.85. The van der Waals surface area contributed by atoms with E-state index in [0.29, 0.717) is 11.4 Å². The number of aryl methyl sites for hydroxylation is 2. The Kier molecular flexibility index (Phi) is 3.58. The van der Waals surface area contributed by atoms with Crippen molar-refractivity contribution in [1.29, 1.82) is 0 Å². The van der Waals surface area contributed by atoms with Gasteiger partial charge in [0, 0.05) is 0 Å². The van der Waals surface area contributed by atoms with Gasteiger partial charge in [0.25, 0.3) is 0 Å². The molecule has 0 amide bonds. The maximum atomic E-state index is 12.2. The predicted molar refractivity (Wildman–Crippen MR) is 68.1 cm³/mol.